The van der Waals surface area contributed by atoms with Gasteiger partial charge in [-0.25, -0.2) is 0 Å². The van der Waals surface area contributed by atoms with Crippen LogP contribution in [-0.2, 0) is 0 Å². The molecule has 3 fully saturated rings. The SMILES string of the molecule is CC1C(N2CCC(CCCO)CC2)NC(C(F)(F)F)N(C)C1N1CCCC1. The Bertz CT molecular complexity index is 464. The molecule has 0 bridgehead atoms. The van der Waals surface area contributed by atoms with Gasteiger partial charge < -0.3 is 5.11 Å². The maximum Gasteiger partial charge on any atom is 0.417 e. The molecule has 3 aliphatic rings. The molecule has 4 unspecified atom stereocenters. The van der Waals surface area contributed by atoms with Gasteiger partial charge in [-0.1, -0.05) is 6.92 Å². The van der Waals surface area contributed by atoms with E-state index in [1.165, 1.54) is 4.90 Å². The van der Waals surface area contributed by atoms with E-state index < -0.39 is 12.3 Å². The molecular formula is C19H35F3N4O. The standard InChI is InChI=1S/C19H35F3N4O/c1-14-16(25-11-7-15(8-12-25)6-5-13-27)23-18(19(20,21)22)24(2)17(14)26-9-3-4-10-26/h14-18,23,27H,3-13H2,1-2H3. The fourth-order valence-electron chi connectivity index (χ4n) is 5.38. The van der Waals surface area contributed by atoms with Gasteiger partial charge in [-0.2, -0.15) is 13.2 Å². The fourth-order valence-corrected chi connectivity index (χ4v) is 5.38. The number of aliphatic hydroxyl groups is 1. The van der Waals surface area contributed by atoms with Gasteiger partial charge in [0.2, 0.25) is 0 Å². The van der Waals surface area contributed by atoms with E-state index in [0.717, 1.165) is 64.7 Å². The van der Waals surface area contributed by atoms with Gasteiger partial charge in [0.1, 0.15) is 0 Å². The number of likely N-dealkylation sites (tertiary alicyclic amines) is 2. The van der Waals surface area contributed by atoms with E-state index in [4.69, 9.17) is 5.11 Å². The number of aliphatic hydroxyl groups excluding tert-OH is 1. The molecule has 0 radical (unpaired) electrons. The van der Waals surface area contributed by atoms with Gasteiger partial charge >= 0.3 is 6.18 Å². The number of rotatable bonds is 5. The molecule has 0 aromatic carbocycles. The molecule has 0 saturated carbocycles. The lowest BCUT2D eigenvalue weighted by Gasteiger charge is -2.54. The van der Waals surface area contributed by atoms with Crippen molar-refractivity contribution in [1.29, 1.82) is 0 Å². The minimum absolute atomic E-state index is 0.0979. The number of hydrogen-bond acceptors (Lipinski definition) is 5. The minimum atomic E-state index is -4.29. The molecule has 3 saturated heterocycles. The maximum atomic E-state index is 13.8. The Balaban J connectivity index is 1.71. The molecule has 4 atom stereocenters. The lowest BCUT2D eigenvalue weighted by molar-refractivity contribution is -0.233. The highest BCUT2D eigenvalue weighted by Crippen LogP contribution is 2.36. The third kappa shape index (κ3) is 4.78. The number of halogens is 3. The topological polar surface area (TPSA) is 42.0 Å². The summed E-state index contributed by atoms with van der Waals surface area (Å²) in [5.41, 5.74) is 0. The summed E-state index contributed by atoms with van der Waals surface area (Å²) >= 11 is 0. The van der Waals surface area contributed by atoms with Crippen molar-refractivity contribution in [3.8, 4) is 0 Å². The van der Waals surface area contributed by atoms with Gasteiger partial charge in [-0.15, -0.1) is 0 Å². The second kappa shape index (κ2) is 8.95. The predicted molar refractivity (Wildman–Crippen MR) is 98.9 cm³/mol. The average Bonchev–Trinajstić information content (AvgIpc) is 3.14. The summed E-state index contributed by atoms with van der Waals surface area (Å²) < 4.78 is 41.3. The molecule has 2 N–H and O–H groups in total. The molecule has 3 rings (SSSR count). The Morgan fingerprint density at radius 1 is 1.04 bits per heavy atom. The third-order valence-corrected chi connectivity index (χ3v) is 6.76. The lowest BCUT2D eigenvalue weighted by Crippen LogP contribution is -2.74. The van der Waals surface area contributed by atoms with Crippen LogP contribution in [0.2, 0.25) is 0 Å². The highest BCUT2D eigenvalue weighted by molar-refractivity contribution is 4.97. The summed E-state index contributed by atoms with van der Waals surface area (Å²) in [6.45, 7) is 5.76. The number of hydrogen-bond donors (Lipinski definition) is 2. The number of alkyl halides is 3. The zero-order chi connectivity index (χ0) is 19.6. The third-order valence-electron chi connectivity index (χ3n) is 6.76. The molecule has 0 spiro atoms. The summed E-state index contributed by atoms with van der Waals surface area (Å²) in [6, 6.07) is 0. The van der Waals surface area contributed by atoms with Gasteiger partial charge in [0, 0.05) is 12.5 Å². The number of nitrogens with zero attached hydrogens (tertiary/aromatic N) is 3. The molecule has 0 aromatic heterocycles. The first-order chi connectivity index (χ1) is 12.8. The first-order valence-corrected chi connectivity index (χ1v) is 10.5. The van der Waals surface area contributed by atoms with E-state index in [-0.39, 0.29) is 24.9 Å². The summed E-state index contributed by atoms with van der Waals surface area (Å²) in [7, 11) is 1.61. The lowest BCUT2D eigenvalue weighted by atomic mass is 9.89. The van der Waals surface area contributed by atoms with Crippen molar-refractivity contribution >= 4 is 0 Å². The van der Waals surface area contributed by atoms with E-state index in [1.54, 1.807) is 7.05 Å². The zero-order valence-corrected chi connectivity index (χ0v) is 16.6. The van der Waals surface area contributed by atoms with Crippen molar-refractivity contribution in [2.75, 3.05) is 39.8 Å². The van der Waals surface area contributed by atoms with Gasteiger partial charge in [0.15, 0.2) is 6.17 Å². The van der Waals surface area contributed by atoms with Crippen LogP contribution in [0.25, 0.3) is 0 Å². The molecule has 8 heteroatoms. The monoisotopic (exact) mass is 392 g/mol. The van der Waals surface area contributed by atoms with Gasteiger partial charge in [-0.05, 0) is 77.7 Å². The van der Waals surface area contributed by atoms with Crippen molar-refractivity contribution in [1.82, 2.24) is 20.0 Å². The van der Waals surface area contributed by atoms with Crippen LogP contribution in [0.3, 0.4) is 0 Å². The van der Waals surface area contributed by atoms with E-state index in [1.807, 2.05) is 0 Å². The second-order valence-electron chi connectivity index (χ2n) is 8.58. The molecule has 158 valence electrons. The molecule has 3 aliphatic heterocycles. The molecule has 5 nitrogen and oxygen atoms in total. The van der Waals surface area contributed by atoms with Crippen LogP contribution in [-0.4, -0.2) is 84.3 Å². The zero-order valence-electron chi connectivity index (χ0n) is 16.6. The molecule has 0 aromatic rings. The number of nitrogens with one attached hydrogen (secondary N) is 1. The van der Waals surface area contributed by atoms with Crippen molar-refractivity contribution in [2.24, 2.45) is 11.8 Å². The van der Waals surface area contributed by atoms with Crippen LogP contribution in [0.5, 0.6) is 0 Å². The fraction of sp³-hybridized carbons (Fsp3) is 1.00. The van der Waals surface area contributed by atoms with E-state index in [0.29, 0.717) is 5.92 Å². The van der Waals surface area contributed by atoms with Crippen molar-refractivity contribution in [3.05, 3.63) is 0 Å². The predicted octanol–water partition coefficient (Wildman–Crippen LogP) is 2.28. The second-order valence-corrected chi connectivity index (χ2v) is 8.58. The normalized spacial score (nSPS) is 35.8. The van der Waals surface area contributed by atoms with E-state index in [9.17, 15) is 13.2 Å². The first-order valence-electron chi connectivity index (χ1n) is 10.5. The largest absolute Gasteiger partial charge is 0.417 e. The Labute approximate surface area is 160 Å². The molecule has 0 amide bonds. The summed E-state index contributed by atoms with van der Waals surface area (Å²) in [4.78, 5) is 5.97. The van der Waals surface area contributed by atoms with Crippen molar-refractivity contribution < 1.29 is 18.3 Å². The minimum Gasteiger partial charge on any atom is -0.396 e. The van der Waals surface area contributed by atoms with Crippen LogP contribution in [0.4, 0.5) is 13.2 Å². The first kappa shape index (κ1) is 21.3. The Hall–Kier alpha value is -0.410. The average molecular weight is 393 g/mol. The van der Waals surface area contributed by atoms with Crippen LogP contribution in [0.1, 0.15) is 45.4 Å². The van der Waals surface area contributed by atoms with Crippen LogP contribution in [0, 0.1) is 11.8 Å². The van der Waals surface area contributed by atoms with Crippen LogP contribution in [0.15, 0.2) is 0 Å². The summed E-state index contributed by atoms with van der Waals surface area (Å²) in [5.74, 6) is 0.684. The summed E-state index contributed by atoms with van der Waals surface area (Å²) in [5, 5.41) is 11.9. The Morgan fingerprint density at radius 3 is 2.22 bits per heavy atom. The Kier molecular flexibility index (Phi) is 7.06. The highest BCUT2D eigenvalue weighted by Gasteiger charge is 2.53. The molecular weight excluding hydrogens is 357 g/mol. The van der Waals surface area contributed by atoms with E-state index in [2.05, 4.69) is 22.0 Å². The number of piperidine rings is 1. The molecule has 3 heterocycles. The van der Waals surface area contributed by atoms with Gasteiger partial charge in [-0.3, -0.25) is 20.0 Å². The smallest absolute Gasteiger partial charge is 0.396 e. The van der Waals surface area contributed by atoms with Crippen LogP contribution < -0.4 is 5.32 Å². The molecule has 0 aliphatic carbocycles. The quantitative estimate of drug-likeness (QED) is 0.751. The van der Waals surface area contributed by atoms with Crippen molar-refractivity contribution in [2.45, 2.75) is 70.1 Å². The van der Waals surface area contributed by atoms with Gasteiger partial charge in [0.25, 0.3) is 0 Å². The van der Waals surface area contributed by atoms with Crippen molar-refractivity contribution in [3.63, 3.8) is 0 Å². The summed E-state index contributed by atoms with van der Waals surface area (Å²) in [6.07, 6.45) is -0.332. The van der Waals surface area contributed by atoms with Crippen LogP contribution >= 0.6 is 0 Å². The maximum absolute atomic E-state index is 13.8. The van der Waals surface area contributed by atoms with E-state index >= 15 is 0 Å². The molecule has 27 heavy (non-hydrogen) atoms. The Morgan fingerprint density at radius 2 is 1.67 bits per heavy atom. The van der Waals surface area contributed by atoms with Gasteiger partial charge in [0.05, 0.1) is 12.3 Å². The highest BCUT2D eigenvalue weighted by atomic mass is 19.4.